The Kier molecular flexibility index (Phi) is 6.50. The first-order valence-corrected chi connectivity index (χ1v) is 9.45. The fourth-order valence-electron chi connectivity index (χ4n) is 1.51. The largest absolute Gasteiger partial charge is 0.480 e. The van der Waals surface area contributed by atoms with Crippen LogP contribution in [0.5, 0.6) is 0 Å². The molecule has 8 heteroatoms. The van der Waals surface area contributed by atoms with E-state index in [1.54, 1.807) is 13.0 Å². The van der Waals surface area contributed by atoms with Crippen molar-refractivity contribution in [2.45, 2.75) is 24.3 Å². The predicted molar refractivity (Wildman–Crippen MR) is 83.6 cm³/mol. The molecule has 0 aliphatic heterocycles. The van der Waals surface area contributed by atoms with Gasteiger partial charge in [0, 0.05) is 4.47 Å². The standard InChI is InChI=1S/C12H16BrNO4S2/c1-8-7-9(3-4-10(8)13)20(17,18)14-11(12(15)16)5-6-19-2/h3-4,7,11,14H,5-6H2,1-2H3,(H,15,16)/t11-/m0/s1. The zero-order chi connectivity index (χ0) is 15.3. The van der Waals surface area contributed by atoms with E-state index in [0.717, 1.165) is 10.0 Å². The molecule has 0 heterocycles. The Hall–Kier alpha value is -0.570. The number of carboxylic acids is 1. The molecule has 0 radical (unpaired) electrons. The number of halogens is 1. The van der Waals surface area contributed by atoms with Crippen LogP contribution in [0.15, 0.2) is 27.6 Å². The summed E-state index contributed by atoms with van der Waals surface area (Å²) in [5.41, 5.74) is 0.767. The molecule has 1 aromatic carbocycles. The molecule has 5 nitrogen and oxygen atoms in total. The van der Waals surface area contributed by atoms with E-state index in [1.807, 2.05) is 6.26 Å². The predicted octanol–water partition coefficient (Wildman–Crippen LogP) is 2.24. The Balaban J connectivity index is 2.97. The minimum absolute atomic E-state index is 0.0635. The van der Waals surface area contributed by atoms with Crippen molar-refractivity contribution in [2.75, 3.05) is 12.0 Å². The summed E-state index contributed by atoms with van der Waals surface area (Å²) >= 11 is 4.76. The van der Waals surface area contributed by atoms with Gasteiger partial charge in [0.1, 0.15) is 6.04 Å². The van der Waals surface area contributed by atoms with E-state index >= 15 is 0 Å². The maximum Gasteiger partial charge on any atom is 0.321 e. The van der Waals surface area contributed by atoms with Crippen molar-refractivity contribution >= 4 is 43.7 Å². The van der Waals surface area contributed by atoms with Gasteiger partial charge in [0.2, 0.25) is 10.0 Å². The molecule has 0 saturated heterocycles. The number of thioether (sulfide) groups is 1. The molecule has 0 bridgehead atoms. The lowest BCUT2D eigenvalue weighted by molar-refractivity contribution is -0.139. The van der Waals surface area contributed by atoms with Crippen molar-refractivity contribution in [3.05, 3.63) is 28.2 Å². The van der Waals surface area contributed by atoms with Crippen molar-refractivity contribution in [3.63, 3.8) is 0 Å². The minimum atomic E-state index is -3.84. The van der Waals surface area contributed by atoms with Crippen LogP contribution in [0.2, 0.25) is 0 Å². The minimum Gasteiger partial charge on any atom is -0.480 e. The van der Waals surface area contributed by atoms with Gasteiger partial charge in [-0.1, -0.05) is 15.9 Å². The Bertz CT molecular complexity index is 589. The van der Waals surface area contributed by atoms with E-state index in [-0.39, 0.29) is 11.3 Å². The van der Waals surface area contributed by atoms with Crippen LogP contribution >= 0.6 is 27.7 Å². The lowest BCUT2D eigenvalue weighted by atomic mass is 10.2. The van der Waals surface area contributed by atoms with Crippen LogP contribution < -0.4 is 4.72 Å². The van der Waals surface area contributed by atoms with Gasteiger partial charge in [0.25, 0.3) is 0 Å². The van der Waals surface area contributed by atoms with E-state index in [0.29, 0.717) is 5.75 Å². The third-order valence-corrected chi connectivity index (χ3v) is 5.65. The van der Waals surface area contributed by atoms with Gasteiger partial charge in [-0.3, -0.25) is 4.79 Å². The first-order valence-electron chi connectivity index (χ1n) is 5.78. The smallest absolute Gasteiger partial charge is 0.321 e. The van der Waals surface area contributed by atoms with E-state index in [2.05, 4.69) is 20.7 Å². The van der Waals surface area contributed by atoms with Crippen molar-refractivity contribution in [1.82, 2.24) is 4.72 Å². The molecule has 112 valence electrons. The number of rotatable bonds is 7. The average molecular weight is 382 g/mol. The SMILES string of the molecule is CSCC[C@H](NS(=O)(=O)c1ccc(Br)c(C)c1)C(=O)O. The molecule has 0 saturated carbocycles. The molecule has 0 amide bonds. The molecule has 20 heavy (non-hydrogen) atoms. The molecule has 1 rings (SSSR count). The monoisotopic (exact) mass is 381 g/mol. The Labute approximate surface area is 131 Å². The number of nitrogens with one attached hydrogen (secondary N) is 1. The van der Waals surface area contributed by atoms with Gasteiger partial charge >= 0.3 is 5.97 Å². The first kappa shape index (κ1) is 17.5. The van der Waals surface area contributed by atoms with Crippen molar-refractivity contribution in [3.8, 4) is 0 Å². The quantitative estimate of drug-likeness (QED) is 0.756. The number of carbonyl (C=O) groups is 1. The fourth-order valence-corrected chi connectivity index (χ4v) is 3.53. The third-order valence-electron chi connectivity index (χ3n) is 2.65. The summed E-state index contributed by atoms with van der Waals surface area (Å²) in [5.74, 6) is -0.602. The van der Waals surface area contributed by atoms with Crippen molar-refractivity contribution < 1.29 is 18.3 Å². The van der Waals surface area contributed by atoms with E-state index in [1.165, 1.54) is 23.9 Å². The highest BCUT2D eigenvalue weighted by Crippen LogP contribution is 2.20. The number of benzene rings is 1. The molecule has 0 aliphatic rings. The maximum absolute atomic E-state index is 12.2. The Morgan fingerprint density at radius 1 is 1.50 bits per heavy atom. The number of sulfonamides is 1. The summed E-state index contributed by atoms with van der Waals surface area (Å²) in [6.07, 6.45) is 2.08. The Morgan fingerprint density at radius 2 is 2.15 bits per heavy atom. The van der Waals surface area contributed by atoms with Crippen LogP contribution in [0, 0.1) is 6.92 Å². The van der Waals surface area contributed by atoms with Gasteiger partial charge in [0.15, 0.2) is 0 Å². The third kappa shape index (κ3) is 4.76. The van der Waals surface area contributed by atoms with Crippen LogP contribution in [-0.2, 0) is 14.8 Å². The summed E-state index contributed by atoms with van der Waals surface area (Å²) in [6, 6.07) is 3.45. The van der Waals surface area contributed by atoms with Gasteiger partial charge in [-0.15, -0.1) is 0 Å². The molecular formula is C12H16BrNO4S2. The number of carboxylic acid groups (broad SMARTS) is 1. The second kappa shape index (κ2) is 7.44. The molecule has 0 fully saturated rings. The van der Waals surface area contributed by atoms with Gasteiger partial charge in [0.05, 0.1) is 4.90 Å². The van der Waals surface area contributed by atoms with Crippen LogP contribution in [0.1, 0.15) is 12.0 Å². The van der Waals surface area contributed by atoms with Gasteiger partial charge in [-0.2, -0.15) is 16.5 Å². The van der Waals surface area contributed by atoms with Gasteiger partial charge in [-0.05, 0) is 49.1 Å². The van der Waals surface area contributed by atoms with E-state index in [4.69, 9.17) is 5.11 Å². The lowest BCUT2D eigenvalue weighted by Gasteiger charge is -2.14. The molecule has 1 aromatic rings. The normalized spacial score (nSPS) is 13.2. The summed E-state index contributed by atoms with van der Waals surface area (Å²) in [5, 5.41) is 9.07. The number of hydrogen-bond acceptors (Lipinski definition) is 4. The topological polar surface area (TPSA) is 83.5 Å². The highest BCUT2D eigenvalue weighted by Gasteiger charge is 2.25. The zero-order valence-corrected chi connectivity index (χ0v) is 14.3. The summed E-state index contributed by atoms with van der Waals surface area (Å²) in [7, 11) is -3.84. The van der Waals surface area contributed by atoms with E-state index in [9.17, 15) is 13.2 Å². The zero-order valence-electron chi connectivity index (χ0n) is 11.1. The second-order valence-corrected chi connectivity index (χ2v) is 7.76. The fraction of sp³-hybridized carbons (Fsp3) is 0.417. The van der Waals surface area contributed by atoms with E-state index < -0.39 is 22.0 Å². The molecule has 0 aliphatic carbocycles. The Morgan fingerprint density at radius 3 is 2.65 bits per heavy atom. The molecular weight excluding hydrogens is 366 g/mol. The van der Waals surface area contributed by atoms with Crippen LogP contribution in [0.3, 0.4) is 0 Å². The van der Waals surface area contributed by atoms with Gasteiger partial charge in [-0.25, -0.2) is 8.42 Å². The molecule has 0 spiro atoms. The highest BCUT2D eigenvalue weighted by atomic mass is 79.9. The van der Waals surface area contributed by atoms with Crippen LogP contribution in [0.4, 0.5) is 0 Å². The second-order valence-electron chi connectivity index (χ2n) is 4.20. The summed E-state index contributed by atoms with van der Waals surface area (Å²) < 4.78 is 27.4. The number of hydrogen-bond donors (Lipinski definition) is 2. The van der Waals surface area contributed by atoms with Crippen molar-refractivity contribution in [1.29, 1.82) is 0 Å². The summed E-state index contributed by atoms with van der Waals surface area (Å²) in [4.78, 5) is 11.2. The lowest BCUT2D eigenvalue weighted by Crippen LogP contribution is -2.41. The van der Waals surface area contributed by atoms with Crippen LogP contribution in [0.25, 0.3) is 0 Å². The molecule has 1 atom stereocenters. The molecule has 0 aromatic heterocycles. The highest BCUT2D eigenvalue weighted by molar-refractivity contribution is 9.10. The van der Waals surface area contributed by atoms with Crippen molar-refractivity contribution in [2.24, 2.45) is 0 Å². The maximum atomic E-state index is 12.2. The summed E-state index contributed by atoms with van der Waals surface area (Å²) in [6.45, 7) is 1.77. The number of aryl methyl sites for hydroxylation is 1. The number of aliphatic carboxylic acids is 1. The average Bonchev–Trinajstić information content (AvgIpc) is 2.37. The molecule has 2 N–H and O–H groups in total. The van der Waals surface area contributed by atoms with Gasteiger partial charge < -0.3 is 5.11 Å². The van der Waals surface area contributed by atoms with Crippen LogP contribution in [-0.4, -0.2) is 37.5 Å². The molecule has 0 unspecified atom stereocenters. The first-order chi connectivity index (χ1) is 9.27.